The SMILES string of the molecule is C1=CC2=C(CN1)OCN2. The average molecular weight is 124 g/mol. The first-order chi connectivity index (χ1) is 4.47. The van der Waals surface area contributed by atoms with Gasteiger partial charge in [0.15, 0.2) is 6.73 Å². The molecule has 0 aliphatic carbocycles. The third kappa shape index (κ3) is 0.650. The van der Waals surface area contributed by atoms with Crippen LogP contribution >= 0.6 is 0 Å². The molecule has 0 bridgehead atoms. The van der Waals surface area contributed by atoms with Crippen molar-refractivity contribution in [3.63, 3.8) is 0 Å². The molecule has 0 fully saturated rings. The maximum absolute atomic E-state index is 5.21. The van der Waals surface area contributed by atoms with Crippen LogP contribution in [0.1, 0.15) is 0 Å². The summed E-state index contributed by atoms with van der Waals surface area (Å²) in [5, 5.41) is 6.14. The van der Waals surface area contributed by atoms with Gasteiger partial charge in [0.1, 0.15) is 5.76 Å². The van der Waals surface area contributed by atoms with Crippen molar-refractivity contribution in [1.82, 2.24) is 10.6 Å². The highest BCUT2D eigenvalue weighted by molar-refractivity contribution is 5.26. The molecule has 9 heavy (non-hydrogen) atoms. The van der Waals surface area contributed by atoms with E-state index >= 15 is 0 Å². The minimum absolute atomic E-state index is 0.622. The summed E-state index contributed by atoms with van der Waals surface area (Å²) >= 11 is 0. The first kappa shape index (κ1) is 4.73. The van der Waals surface area contributed by atoms with Crippen LogP contribution in [0, 0.1) is 0 Å². The van der Waals surface area contributed by atoms with Crippen molar-refractivity contribution < 1.29 is 4.74 Å². The number of nitrogens with one attached hydrogen (secondary N) is 2. The molecule has 0 atom stereocenters. The summed E-state index contributed by atoms with van der Waals surface area (Å²) in [7, 11) is 0. The molecular formula is C6H8N2O. The molecule has 0 unspecified atom stereocenters. The number of hydrogen-bond acceptors (Lipinski definition) is 3. The molecule has 2 aliphatic heterocycles. The van der Waals surface area contributed by atoms with Crippen molar-refractivity contribution in [2.75, 3.05) is 13.3 Å². The summed E-state index contributed by atoms with van der Waals surface area (Å²) in [5.41, 5.74) is 1.12. The molecule has 0 aromatic heterocycles. The van der Waals surface area contributed by atoms with Gasteiger partial charge in [0.2, 0.25) is 0 Å². The summed E-state index contributed by atoms with van der Waals surface area (Å²) in [6.45, 7) is 1.44. The lowest BCUT2D eigenvalue weighted by Crippen LogP contribution is -2.15. The highest BCUT2D eigenvalue weighted by atomic mass is 16.5. The van der Waals surface area contributed by atoms with Crippen LogP contribution in [0.2, 0.25) is 0 Å². The smallest absolute Gasteiger partial charge is 0.158 e. The van der Waals surface area contributed by atoms with E-state index in [0.29, 0.717) is 6.73 Å². The minimum atomic E-state index is 0.622. The quantitative estimate of drug-likeness (QED) is 0.473. The third-order valence-corrected chi connectivity index (χ3v) is 1.44. The van der Waals surface area contributed by atoms with Crippen LogP contribution in [0.5, 0.6) is 0 Å². The second-order valence-electron chi connectivity index (χ2n) is 2.02. The molecule has 0 aromatic rings. The van der Waals surface area contributed by atoms with Gasteiger partial charge in [-0.15, -0.1) is 0 Å². The molecule has 2 heterocycles. The van der Waals surface area contributed by atoms with E-state index in [0.717, 1.165) is 18.0 Å². The van der Waals surface area contributed by atoms with Gasteiger partial charge >= 0.3 is 0 Å². The van der Waals surface area contributed by atoms with Gasteiger partial charge in [0, 0.05) is 0 Å². The average Bonchev–Trinajstić information content (AvgIpc) is 2.33. The maximum atomic E-state index is 5.21. The van der Waals surface area contributed by atoms with Gasteiger partial charge < -0.3 is 15.4 Å². The van der Waals surface area contributed by atoms with Crippen LogP contribution in [-0.4, -0.2) is 13.3 Å². The summed E-state index contributed by atoms with van der Waals surface area (Å²) in [4.78, 5) is 0. The summed E-state index contributed by atoms with van der Waals surface area (Å²) in [6, 6.07) is 0. The van der Waals surface area contributed by atoms with Crippen molar-refractivity contribution in [3.8, 4) is 0 Å². The van der Waals surface area contributed by atoms with Crippen LogP contribution in [-0.2, 0) is 4.74 Å². The Hall–Kier alpha value is -1.12. The predicted octanol–water partition coefficient (Wildman–Crippen LogP) is -0.108. The van der Waals surface area contributed by atoms with E-state index in [2.05, 4.69) is 10.6 Å². The third-order valence-electron chi connectivity index (χ3n) is 1.44. The largest absolute Gasteiger partial charge is 0.474 e. The van der Waals surface area contributed by atoms with E-state index in [4.69, 9.17) is 4.74 Å². The topological polar surface area (TPSA) is 33.3 Å². The molecule has 2 aliphatic rings. The van der Waals surface area contributed by atoms with Gasteiger partial charge in [-0.3, -0.25) is 0 Å². The number of dihydropyridines is 1. The second kappa shape index (κ2) is 1.69. The van der Waals surface area contributed by atoms with E-state index in [-0.39, 0.29) is 0 Å². The van der Waals surface area contributed by atoms with Crippen LogP contribution in [0.15, 0.2) is 23.7 Å². The Morgan fingerprint density at radius 1 is 1.56 bits per heavy atom. The van der Waals surface area contributed by atoms with Crippen molar-refractivity contribution >= 4 is 0 Å². The fraction of sp³-hybridized carbons (Fsp3) is 0.333. The Morgan fingerprint density at radius 3 is 3.44 bits per heavy atom. The van der Waals surface area contributed by atoms with Crippen LogP contribution < -0.4 is 10.6 Å². The highest BCUT2D eigenvalue weighted by Gasteiger charge is 2.13. The van der Waals surface area contributed by atoms with E-state index < -0.39 is 0 Å². The minimum Gasteiger partial charge on any atom is -0.474 e. The summed E-state index contributed by atoms with van der Waals surface area (Å²) < 4.78 is 5.21. The molecule has 0 radical (unpaired) electrons. The molecular weight excluding hydrogens is 116 g/mol. The molecule has 0 spiro atoms. The van der Waals surface area contributed by atoms with Crippen LogP contribution in [0.25, 0.3) is 0 Å². The molecule has 0 aromatic carbocycles. The standard InChI is InChI=1S/C6H8N2O/c1-2-7-3-6-5(1)8-4-9-6/h1-2,7-8H,3-4H2. The Labute approximate surface area is 53.4 Å². The van der Waals surface area contributed by atoms with Crippen molar-refractivity contribution in [1.29, 1.82) is 0 Å². The van der Waals surface area contributed by atoms with E-state index in [1.54, 1.807) is 0 Å². The molecule has 48 valence electrons. The fourth-order valence-corrected chi connectivity index (χ4v) is 0.969. The number of rotatable bonds is 0. The zero-order valence-corrected chi connectivity index (χ0v) is 4.98. The monoisotopic (exact) mass is 124 g/mol. The van der Waals surface area contributed by atoms with Gasteiger partial charge in [-0.1, -0.05) is 0 Å². The lowest BCUT2D eigenvalue weighted by atomic mass is 10.3. The molecule has 0 amide bonds. The Morgan fingerprint density at radius 2 is 2.56 bits per heavy atom. The van der Waals surface area contributed by atoms with Gasteiger partial charge in [-0.2, -0.15) is 0 Å². The first-order valence-corrected chi connectivity index (χ1v) is 2.96. The normalized spacial score (nSPS) is 22.2. The number of hydrogen-bond donors (Lipinski definition) is 2. The maximum Gasteiger partial charge on any atom is 0.158 e. The van der Waals surface area contributed by atoms with E-state index in [1.165, 1.54) is 0 Å². The Balaban J connectivity index is 2.28. The van der Waals surface area contributed by atoms with Crippen molar-refractivity contribution in [2.24, 2.45) is 0 Å². The van der Waals surface area contributed by atoms with Gasteiger partial charge in [-0.25, -0.2) is 0 Å². The van der Waals surface area contributed by atoms with Gasteiger partial charge in [0.25, 0.3) is 0 Å². The van der Waals surface area contributed by atoms with E-state index in [9.17, 15) is 0 Å². The number of ether oxygens (including phenoxy) is 1. The zero-order valence-electron chi connectivity index (χ0n) is 4.98. The van der Waals surface area contributed by atoms with Crippen molar-refractivity contribution in [2.45, 2.75) is 0 Å². The second-order valence-corrected chi connectivity index (χ2v) is 2.02. The zero-order chi connectivity index (χ0) is 6.10. The molecule has 3 heteroatoms. The van der Waals surface area contributed by atoms with Crippen LogP contribution in [0.4, 0.5) is 0 Å². The van der Waals surface area contributed by atoms with Crippen LogP contribution in [0.3, 0.4) is 0 Å². The molecule has 3 nitrogen and oxygen atoms in total. The molecule has 2 rings (SSSR count). The molecule has 2 N–H and O–H groups in total. The highest BCUT2D eigenvalue weighted by Crippen LogP contribution is 2.12. The predicted molar refractivity (Wildman–Crippen MR) is 33.3 cm³/mol. The van der Waals surface area contributed by atoms with E-state index in [1.807, 2.05) is 12.3 Å². The lowest BCUT2D eigenvalue weighted by molar-refractivity contribution is 0.227. The summed E-state index contributed by atoms with van der Waals surface area (Å²) in [5.74, 6) is 1.03. The van der Waals surface area contributed by atoms with Gasteiger partial charge in [0.05, 0.1) is 12.2 Å². The first-order valence-electron chi connectivity index (χ1n) is 2.96. The van der Waals surface area contributed by atoms with Gasteiger partial charge in [-0.05, 0) is 12.3 Å². The van der Waals surface area contributed by atoms with Crippen molar-refractivity contribution in [3.05, 3.63) is 23.7 Å². The molecule has 0 saturated carbocycles. The molecule has 0 saturated heterocycles. The number of allylic oxidation sites excluding steroid dienone is 1. The summed E-state index contributed by atoms with van der Waals surface area (Å²) in [6.07, 6.45) is 3.90. The Kier molecular flexibility index (Phi) is 0.886. The lowest BCUT2D eigenvalue weighted by Gasteiger charge is -2.06. The Bertz CT molecular complexity index is 183. The fourth-order valence-electron chi connectivity index (χ4n) is 0.969.